The van der Waals surface area contributed by atoms with Crippen LogP contribution < -0.4 is 10.6 Å². The lowest BCUT2D eigenvalue weighted by Crippen LogP contribution is -2.40. The van der Waals surface area contributed by atoms with Crippen LogP contribution in [-0.4, -0.2) is 48.8 Å². The Bertz CT molecular complexity index is 314. The Morgan fingerprint density at radius 2 is 2.00 bits per heavy atom. The van der Waals surface area contributed by atoms with Crippen LogP contribution in [0.1, 0.15) is 39.5 Å². The van der Waals surface area contributed by atoms with Gasteiger partial charge in [-0.1, -0.05) is 13.8 Å². The summed E-state index contributed by atoms with van der Waals surface area (Å²) in [7, 11) is 0. The highest BCUT2D eigenvalue weighted by atomic mass is 16.5. The number of amides is 1. The fraction of sp³-hybridized carbons (Fsp3) is 0.857. The minimum atomic E-state index is -0.894. The summed E-state index contributed by atoms with van der Waals surface area (Å²) in [4.78, 5) is 22.5. The van der Waals surface area contributed by atoms with Crippen LogP contribution in [0.4, 0.5) is 0 Å². The Hall–Kier alpha value is -1.14. The second-order valence-electron chi connectivity index (χ2n) is 5.59. The van der Waals surface area contributed by atoms with E-state index in [2.05, 4.69) is 10.6 Å². The van der Waals surface area contributed by atoms with Crippen LogP contribution in [-0.2, 0) is 14.3 Å². The molecule has 0 aromatic rings. The first-order valence-corrected chi connectivity index (χ1v) is 7.32. The molecule has 0 aromatic heterocycles. The highest BCUT2D eigenvalue weighted by Crippen LogP contribution is 2.09. The van der Waals surface area contributed by atoms with Crippen LogP contribution in [0, 0.1) is 5.92 Å². The van der Waals surface area contributed by atoms with Crippen molar-refractivity contribution in [2.24, 2.45) is 5.92 Å². The molecular formula is C14H26N2O4. The lowest BCUT2D eigenvalue weighted by molar-refractivity contribution is -0.138. The molecule has 1 atom stereocenters. The number of carboxylic acids is 1. The van der Waals surface area contributed by atoms with E-state index in [1.165, 1.54) is 0 Å². The molecule has 1 amide bonds. The molecule has 0 aromatic carbocycles. The van der Waals surface area contributed by atoms with Gasteiger partial charge in [-0.2, -0.15) is 0 Å². The van der Waals surface area contributed by atoms with Gasteiger partial charge in [0, 0.05) is 12.5 Å². The molecule has 116 valence electrons. The fourth-order valence-corrected chi connectivity index (χ4v) is 2.20. The number of piperidine rings is 1. The Morgan fingerprint density at radius 1 is 1.35 bits per heavy atom. The van der Waals surface area contributed by atoms with E-state index in [0.717, 1.165) is 25.9 Å². The number of hydrogen-bond acceptors (Lipinski definition) is 4. The molecule has 6 nitrogen and oxygen atoms in total. The number of nitrogens with one attached hydrogen (secondary N) is 2. The predicted octanol–water partition coefficient (Wildman–Crippen LogP) is 0.761. The molecule has 0 radical (unpaired) electrons. The lowest BCUT2D eigenvalue weighted by Gasteiger charge is -2.23. The summed E-state index contributed by atoms with van der Waals surface area (Å²) in [6.07, 6.45) is 2.44. The van der Waals surface area contributed by atoms with Gasteiger partial charge in [0.1, 0.15) is 0 Å². The van der Waals surface area contributed by atoms with Gasteiger partial charge in [0.15, 0.2) is 0 Å². The minimum absolute atomic E-state index is 0.0431. The van der Waals surface area contributed by atoms with Gasteiger partial charge in [-0.3, -0.25) is 9.59 Å². The molecule has 1 fully saturated rings. The van der Waals surface area contributed by atoms with E-state index in [1.54, 1.807) is 0 Å². The topological polar surface area (TPSA) is 87.7 Å². The molecule has 1 unspecified atom stereocenters. The van der Waals surface area contributed by atoms with Gasteiger partial charge < -0.3 is 20.5 Å². The molecule has 1 aliphatic rings. The minimum Gasteiger partial charge on any atom is -0.481 e. The SMILES string of the molecule is CC(C)C(CC(=O)O)NC(=O)CCOC1CCNCC1. The summed E-state index contributed by atoms with van der Waals surface area (Å²) >= 11 is 0. The number of ether oxygens (including phenoxy) is 1. The number of carbonyl (C=O) groups excluding carboxylic acids is 1. The average molecular weight is 286 g/mol. The fourth-order valence-electron chi connectivity index (χ4n) is 2.20. The van der Waals surface area contributed by atoms with Gasteiger partial charge in [0.05, 0.1) is 19.1 Å². The highest BCUT2D eigenvalue weighted by molar-refractivity contribution is 5.77. The highest BCUT2D eigenvalue weighted by Gasteiger charge is 2.19. The zero-order valence-corrected chi connectivity index (χ0v) is 12.4. The smallest absolute Gasteiger partial charge is 0.305 e. The molecule has 0 spiro atoms. The zero-order chi connectivity index (χ0) is 15.0. The maximum absolute atomic E-state index is 11.8. The predicted molar refractivity (Wildman–Crippen MR) is 75.5 cm³/mol. The zero-order valence-electron chi connectivity index (χ0n) is 12.4. The number of carboxylic acid groups (broad SMARTS) is 1. The van der Waals surface area contributed by atoms with Crippen molar-refractivity contribution in [2.75, 3.05) is 19.7 Å². The molecule has 1 saturated heterocycles. The van der Waals surface area contributed by atoms with Crippen molar-refractivity contribution in [1.82, 2.24) is 10.6 Å². The van der Waals surface area contributed by atoms with Gasteiger partial charge in [-0.25, -0.2) is 0 Å². The second kappa shape index (κ2) is 8.92. The first-order chi connectivity index (χ1) is 9.49. The van der Waals surface area contributed by atoms with Gasteiger partial charge >= 0.3 is 5.97 Å². The summed E-state index contributed by atoms with van der Waals surface area (Å²) in [6, 6.07) is -0.320. The molecule has 20 heavy (non-hydrogen) atoms. The third-order valence-corrected chi connectivity index (χ3v) is 3.51. The Labute approximate surface area is 120 Å². The molecular weight excluding hydrogens is 260 g/mol. The molecule has 3 N–H and O–H groups in total. The monoisotopic (exact) mass is 286 g/mol. The third kappa shape index (κ3) is 6.86. The van der Waals surface area contributed by atoms with Crippen LogP contribution in [0.2, 0.25) is 0 Å². The summed E-state index contributed by atoms with van der Waals surface area (Å²) in [5.74, 6) is -0.936. The molecule has 0 aliphatic carbocycles. The lowest BCUT2D eigenvalue weighted by atomic mass is 10.0. The van der Waals surface area contributed by atoms with Crippen LogP contribution in [0.15, 0.2) is 0 Å². The van der Waals surface area contributed by atoms with Crippen molar-refractivity contribution in [3.63, 3.8) is 0 Å². The van der Waals surface area contributed by atoms with Crippen molar-refractivity contribution in [3.05, 3.63) is 0 Å². The third-order valence-electron chi connectivity index (χ3n) is 3.51. The molecule has 0 bridgehead atoms. The first kappa shape index (κ1) is 16.9. The molecule has 1 rings (SSSR count). The van der Waals surface area contributed by atoms with Crippen LogP contribution >= 0.6 is 0 Å². The normalized spacial score (nSPS) is 17.9. The van der Waals surface area contributed by atoms with E-state index >= 15 is 0 Å². The molecule has 6 heteroatoms. The van der Waals surface area contributed by atoms with Gasteiger partial charge in [-0.05, 0) is 31.8 Å². The van der Waals surface area contributed by atoms with Crippen molar-refractivity contribution < 1.29 is 19.4 Å². The van der Waals surface area contributed by atoms with E-state index in [1.807, 2.05) is 13.8 Å². The van der Waals surface area contributed by atoms with E-state index < -0.39 is 5.97 Å². The van der Waals surface area contributed by atoms with Crippen LogP contribution in [0.3, 0.4) is 0 Å². The van der Waals surface area contributed by atoms with E-state index in [0.29, 0.717) is 6.61 Å². The summed E-state index contributed by atoms with van der Waals surface area (Å²) in [5, 5.41) is 14.8. The van der Waals surface area contributed by atoms with E-state index in [4.69, 9.17) is 9.84 Å². The van der Waals surface area contributed by atoms with Gasteiger partial charge in [0.2, 0.25) is 5.91 Å². The number of hydrogen-bond donors (Lipinski definition) is 3. The number of carbonyl (C=O) groups is 2. The first-order valence-electron chi connectivity index (χ1n) is 7.32. The molecule has 1 aliphatic heterocycles. The maximum Gasteiger partial charge on any atom is 0.305 e. The van der Waals surface area contributed by atoms with Crippen LogP contribution in [0.25, 0.3) is 0 Å². The van der Waals surface area contributed by atoms with Gasteiger partial charge in [-0.15, -0.1) is 0 Å². The molecule has 1 heterocycles. The van der Waals surface area contributed by atoms with Crippen molar-refractivity contribution >= 4 is 11.9 Å². The molecule has 0 saturated carbocycles. The Balaban J connectivity index is 2.21. The summed E-state index contributed by atoms with van der Waals surface area (Å²) < 4.78 is 5.66. The largest absolute Gasteiger partial charge is 0.481 e. The van der Waals surface area contributed by atoms with Crippen molar-refractivity contribution in [3.8, 4) is 0 Å². The Morgan fingerprint density at radius 3 is 2.55 bits per heavy atom. The van der Waals surface area contributed by atoms with Crippen molar-refractivity contribution in [2.45, 2.75) is 51.7 Å². The number of aliphatic carboxylic acids is 1. The number of rotatable bonds is 8. The van der Waals surface area contributed by atoms with E-state index in [9.17, 15) is 9.59 Å². The summed E-state index contributed by atoms with van der Waals surface area (Å²) in [6.45, 7) is 6.13. The Kier molecular flexibility index (Phi) is 7.54. The average Bonchev–Trinajstić information content (AvgIpc) is 2.38. The van der Waals surface area contributed by atoms with Crippen molar-refractivity contribution in [1.29, 1.82) is 0 Å². The standard InChI is InChI=1S/C14H26N2O4/c1-10(2)12(9-14(18)19)16-13(17)5-8-20-11-3-6-15-7-4-11/h10-12,15H,3-9H2,1-2H3,(H,16,17)(H,18,19). The van der Waals surface area contributed by atoms with Crippen LogP contribution in [0.5, 0.6) is 0 Å². The quantitative estimate of drug-likeness (QED) is 0.613. The van der Waals surface area contributed by atoms with Gasteiger partial charge in [0.25, 0.3) is 0 Å². The summed E-state index contributed by atoms with van der Waals surface area (Å²) in [5.41, 5.74) is 0. The maximum atomic E-state index is 11.8. The second-order valence-corrected chi connectivity index (χ2v) is 5.59. The van der Waals surface area contributed by atoms with E-state index in [-0.39, 0.29) is 36.8 Å².